The summed E-state index contributed by atoms with van der Waals surface area (Å²) >= 11 is 3.44. The first-order valence-corrected chi connectivity index (χ1v) is 9.19. The van der Waals surface area contributed by atoms with Crippen molar-refractivity contribution in [3.63, 3.8) is 0 Å². The maximum Gasteiger partial charge on any atom is 0.220 e. The van der Waals surface area contributed by atoms with Crippen LogP contribution in [0.25, 0.3) is 0 Å². The lowest BCUT2D eigenvalue weighted by Crippen LogP contribution is -2.33. The Balaban J connectivity index is 1.76. The molecule has 1 unspecified atom stereocenters. The van der Waals surface area contributed by atoms with Gasteiger partial charge in [-0.05, 0) is 63.3 Å². The number of nitrogens with one attached hydrogen (secondary N) is 1. The number of amides is 1. The van der Waals surface area contributed by atoms with Gasteiger partial charge in [-0.25, -0.2) is 0 Å². The molecule has 0 fully saturated rings. The van der Waals surface area contributed by atoms with Gasteiger partial charge in [0.25, 0.3) is 0 Å². The highest BCUT2D eigenvalue weighted by Gasteiger charge is 2.12. The van der Waals surface area contributed by atoms with E-state index in [4.69, 9.17) is 0 Å². The first-order chi connectivity index (χ1) is 11.4. The van der Waals surface area contributed by atoms with Crippen LogP contribution in [0.1, 0.15) is 42.3 Å². The molecule has 1 aromatic heterocycles. The van der Waals surface area contributed by atoms with E-state index < -0.39 is 0 Å². The van der Waals surface area contributed by atoms with E-state index in [0.717, 1.165) is 35.1 Å². The maximum atomic E-state index is 12.2. The number of hydrogen-bond donors (Lipinski definition) is 1. The number of aromatic nitrogens is 2. The average Bonchev–Trinajstić information content (AvgIpc) is 2.77. The highest BCUT2D eigenvalue weighted by Crippen LogP contribution is 2.15. The largest absolute Gasteiger partial charge is 0.354 e. The molecule has 0 saturated heterocycles. The van der Waals surface area contributed by atoms with Crippen molar-refractivity contribution in [1.82, 2.24) is 15.1 Å². The highest BCUT2D eigenvalue weighted by molar-refractivity contribution is 9.10. The van der Waals surface area contributed by atoms with Crippen LogP contribution in [0.4, 0.5) is 0 Å². The van der Waals surface area contributed by atoms with Gasteiger partial charge in [0.15, 0.2) is 0 Å². The molecule has 0 aliphatic rings. The van der Waals surface area contributed by atoms with Gasteiger partial charge >= 0.3 is 0 Å². The molecule has 0 aliphatic heterocycles. The molecular formula is C19H26BrN3O. The second-order valence-corrected chi connectivity index (χ2v) is 7.32. The fourth-order valence-corrected chi connectivity index (χ4v) is 3.14. The quantitative estimate of drug-likeness (QED) is 0.778. The Labute approximate surface area is 152 Å². The number of benzene rings is 1. The minimum atomic E-state index is 0.112. The van der Waals surface area contributed by atoms with E-state index in [9.17, 15) is 4.79 Å². The zero-order chi connectivity index (χ0) is 17.7. The molecule has 0 bridgehead atoms. The molecule has 2 aromatic rings. The fraction of sp³-hybridized carbons (Fsp3) is 0.474. The third kappa shape index (κ3) is 5.20. The Morgan fingerprint density at radius 3 is 2.50 bits per heavy atom. The summed E-state index contributed by atoms with van der Waals surface area (Å²) in [7, 11) is 1.94. The number of carbonyl (C=O) groups is 1. The van der Waals surface area contributed by atoms with Crippen molar-refractivity contribution in [2.24, 2.45) is 7.05 Å². The van der Waals surface area contributed by atoms with E-state index in [1.54, 1.807) is 0 Å². The summed E-state index contributed by atoms with van der Waals surface area (Å²) in [6.07, 6.45) is 3.17. The third-order valence-electron chi connectivity index (χ3n) is 4.45. The second-order valence-electron chi connectivity index (χ2n) is 6.41. The molecule has 1 atom stereocenters. The van der Waals surface area contributed by atoms with Gasteiger partial charge in [0, 0.05) is 29.7 Å². The standard InChI is InChI=1S/C19H26BrN3O/c1-13(5-6-16-7-9-17(20)10-8-16)21-19(24)12-11-18-14(2)22-23(4)15(18)3/h7-10,13H,5-6,11-12H2,1-4H3,(H,21,24). The summed E-state index contributed by atoms with van der Waals surface area (Å²) in [5, 5.41) is 7.50. The number of aryl methyl sites for hydroxylation is 3. The molecule has 4 nitrogen and oxygen atoms in total. The molecule has 1 heterocycles. The summed E-state index contributed by atoms with van der Waals surface area (Å²) in [5.74, 6) is 0.112. The molecule has 0 spiro atoms. The summed E-state index contributed by atoms with van der Waals surface area (Å²) in [4.78, 5) is 12.2. The van der Waals surface area contributed by atoms with Crippen molar-refractivity contribution in [1.29, 1.82) is 0 Å². The SMILES string of the molecule is Cc1nn(C)c(C)c1CCC(=O)NC(C)CCc1ccc(Br)cc1. The number of rotatable bonds is 7. The molecule has 1 aromatic carbocycles. The minimum absolute atomic E-state index is 0.112. The smallest absolute Gasteiger partial charge is 0.220 e. The van der Waals surface area contributed by atoms with Crippen molar-refractivity contribution in [2.45, 2.75) is 52.5 Å². The van der Waals surface area contributed by atoms with Crippen LogP contribution < -0.4 is 5.32 Å². The number of hydrogen-bond acceptors (Lipinski definition) is 2. The molecule has 2 rings (SSSR count). The summed E-state index contributed by atoms with van der Waals surface area (Å²) in [6.45, 7) is 6.12. The van der Waals surface area contributed by atoms with Gasteiger partial charge in [0.2, 0.25) is 5.91 Å². The van der Waals surface area contributed by atoms with E-state index in [-0.39, 0.29) is 11.9 Å². The van der Waals surface area contributed by atoms with Gasteiger partial charge in [-0.2, -0.15) is 5.10 Å². The van der Waals surface area contributed by atoms with Crippen LogP contribution in [0.5, 0.6) is 0 Å². The Hall–Kier alpha value is -1.62. The van der Waals surface area contributed by atoms with Crippen LogP contribution in [-0.2, 0) is 24.7 Å². The van der Waals surface area contributed by atoms with Gasteiger partial charge in [0.1, 0.15) is 0 Å². The van der Waals surface area contributed by atoms with E-state index in [1.807, 2.05) is 25.6 Å². The van der Waals surface area contributed by atoms with Crippen molar-refractivity contribution >= 4 is 21.8 Å². The molecule has 24 heavy (non-hydrogen) atoms. The van der Waals surface area contributed by atoms with E-state index in [1.165, 1.54) is 11.1 Å². The van der Waals surface area contributed by atoms with E-state index in [0.29, 0.717) is 6.42 Å². The molecule has 5 heteroatoms. The predicted octanol–water partition coefficient (Wildman–Crippen LogP) is 3.87. The van der Waals surface area contributed by atoms with Gasteiger partial charge in [0.05, 0.1) is 5.69 Å². The van der Waals surface area contributed by atoms with Crippen LogP contribution in [-0.4, -0.2) is 21.7 Å². The van der Waals surface area contributed by atoms with Crippen LogP contribution in [0.2, 0.25) is 0 Å². The monoisotopic (exact) mass is 391 g/mol. The molecule has 0 radical (unpaired) electrons. The van der Waals surface area contributed by atoms with Gasteiger partial charge < -0.3 is 5.32 Å². The normalized spacial score (nSPS) is 12.2. The van der Waals surface area contributed by atoms with Gasteiger partial charge in [-0.15, -0.1) is 0 Å². The molecule has 1 amide bonds. The van der Waals surface area contributed by atoms with Crippen molar-refractivity contribution in [3.8, 4) is 0 Å². The van der Waals surface area contributed by atoms with Crippen molar-refractivity contribution in [2.75, 3.05) is 0 Å². The first-order valence-electron chi connectivity index (χ1n) is 8.39. The topological polar surface area (TPSA) is 46.9 Å². The molecular weight excluding hydrogens is 366 g/mol. The molecule has 130 valence electrons. The Morgan fingerprint density at radius 1 is 1.25 bits per heavy atom. The van der Waals surface area contributed by atoms with Crippen molar-refractivity contribution in [3.05, 3.63) is 51.3 Å². The highest BCUT2D eigenvalue weighted by atomic mass is 79.9. The van der Waals surface area contributed by atoms with Crippen LogP contribution in [0.3, 0.4) is 0 Å². The van der Waals surface area contributed by atoms with Crippen molar-refractivity contribution < 1.29 is 4.79 Å². The fourth-order valence-electron chi connectivity index (χ4n) is 2.87. The second kappa shape index (κ2) is 8.47. The summed E-state index contributed by atoms with van der Waals surface area (Å²) in [6, 6.07) is 8.52. The molecule has 0 aliphatic carbocycles. The zero-order valence-electron chi connectivity index (χ0n) is 14.9. The van der Waals surface area contributed by atoms with Gasteiger partial charge in [-0.1, -0.05) is 28.1 Å². The number of nitrogens with zero attached hydrogens (tertiary/aromatic N) is 2. The number of carbonyl (C=O) groups excluding carboxylic acids is 1. The Kier molecular flexibility index (Phi) is 6.60. The predicted molar refractivity (Wildman–Crippen MR) is 101 cm³/mol. The van der Waals surface area contributed by atoms with Crippen LogP contribution in [0.15, 0.2) is 28.7 Å². The maximum absolute atomic E-state index is 12.2. The lowest BCUT2D eigenvalue weighted by atomic mass is 10.1. The Morgan fingerprint density at radius 2 is 1.92 bits per heavy atom. The van der Waals surface area contributed by atoms with Crippen LogP contribution in [0, 0.1) is 13.8 Å². The third-order valence-corrected chi connectivity index (χ3v) is 4.98. The first kappa shape index (κ1) is 18.7. The summed E-state index contributed by atoms with van der Waals surface area (Å²) in [5.41, 5.74) is 4.64. The van der Waals surface area contributed by atoms with E-state index >= 15 is 0 Å². The van der Waals surface area contributed by atoms with Gasteiger partial charge in [-0.3, -0.25) is 9.48 Å². The zero-order valence-corrected chi connectivity index (χ0v) is 16.5. The minimum Gasteiger partial charge on any atom is -0.354 e. The lowest BCUT2D eigenvalue weighted by Gasteiger charge is -2.14. The van der Waals surface area contributed by atoms with Crippen LogP contribution >= 0.6 is 15.9 Å². The summed E-state index contributed by atoms with van der Waals surface area (Å²) < 4.78 is 2.97. The Bertz CT molecular complexity index is 691. The molecule has 0 saturated carbocycles. The molecule has 1 N–H and O–H groups in total. The van der Waals surface area contributed by atoms with E-state index in [2.05, 4.69) is 57.5 Å². The average molecular weight is 392 g/mol. The lowest BCUT2D eigenvalue weighted by molar-refractivity contribution is -0.121. The number of halogens is 1.